The highest BCUT2D eigenvalue weighted by atomic mass is 16.3. The zero-order valence-corrected chi connectivity index (χ0v) is 14.9. The van der Waals surface area contributed by atoms with Gasteiger partial charge in [-0.15, -0.1) is 0 Å². The lowest BCUT2D eigenvalue weighted by Crippen LogP contribution is -2.47. The molecule has 3 heterocycles. The van der Waals surface area contributed by atoms with Crippen molar-refractivity contribution in [2.75, 3.05) is 39.3 Å². The summed E-state index contributed by atoms with van der Waals surface area (Å²) >= 11 is 0. The average molecular weight is 359 g/mol. The SMILES string of the molecule is C=CC(=O)N1CCCC(C(=O)N2CCCN(C(=O)c3ccco3)CC2)C1. The summed E-state index contributed by atoms with van der Waals surface area (Å²) in [6, 6.07) is 3.35. The number of furan rings is 1. The lowest BCUT2D eigenvalue weighted by atomic mass is 9.96. The van der Waals surface area contributed by atoms with E-state index in [4.69, 9.17) is 4.42 Å². The van der Waals surface area contributed by atoms with Gasteiger partial charge in [0.15, 0.2) is 5.76 Å². The minimum atomic E-state index is -0.167. The van der Waals surface area contributed by atoms with Gasteiger partial charge in [-0.05, 0) is 37.5 Å². The smallest absolute Gasteiger partial charge is 0.289 e. The molecule has 2 fully saturated rings. The van der Waals surface area contributed by atoms with Gasteiger partial charge in [-0.1, -0.05) is 6.58 Å². The minimum Gasteiger partial charge on any atom is -0.459 e. The van der Waals surface area contributed by atoms with Crippen LogP contribution in [0, 0.1) is 5.92 Å². The summed E-state index contributed by atoms with van der Waals surface area (Å²) in [5, 5.41) is 0. The lowest BCUT2D eigenvalue weighted by Gasteiger charge is -2.34. The van der Waals surface area contributed by atoms with E-state index in [1.165, 1.54) is 12.3 Å². The molecule has 2 aliphatic rings. The zero-order chi connectivity index (χ0) is 18.5. The molecule has 1 atom stereocenters. The Morgan fingerprint density at radius 2 is 1.77 bits per heavy atom. The molecule has 7 nitrogen and oxygen atoms in total. The lowest BCUT2D eigenvalue weighted by molar-refractivity contribution is -0.139. The van der Waals surface area contributed by atoms with Crippen molar-refractivity contribution in [3.8, 4) is 0 Å². The van der Waals surface area contributed by atoms with Gasteiger partial charge in [0.1, 0.15) is 0 Å². The van der Waals surface area contributed by atoms with Crippen LogP contribution in [0.5, 0.6) is 0 Å². The van der Waals surface area contributed by atoms with Crippen molar-refractivity contribution in [1.29, 1.82) is 0 Å². The van der Waals surface area contributed by atoms with Gasteiger partial charge >= 0.3 is 0 Å². The second kappa shape index (κ2) is 8.21. The van der Waals surface area contributed by atoms with E-state index < -0.39 is 0 Å². The summed E-state index contributed by atoms with van der Waals surface area (Å²) in [6.45, 7) is 6.90. The largest absolute Gasteiger partial charge is 0.459 e. The average Bonchev–Trinajstić information content (AvgIpc) is 3.11. The monoisotopic (exact) mass is 359 g/mol. The molecule has 1 aromatic rings. The van der Waals surface area contributed by atoms with Crippen molar-refractivity contribution in [3.63, 3.8) is 0 Å². The number of amides is 3. The highest BCUT2D eigenvalue weighted by Crippen LogP contribution is 2.20. The van der Waals surface area contributed by atoms with Crippen LogP contribution in [0.4, 0.5) is 0 Å². The summed E-state index contributed by atoms with van der Waals surface area (Å²) in [6.07, 6.45) is 5.15. The highest BCUT2D eigenvalue weighted by Gasteiger charge is 2.32. The van der Waals surface area contributed by atoms with E-state index in [1.807, 2.05) is 4.90 Å². The molecule has 2 saturated heterocycles. The molecular weight excluding hydrogens is 334 g/mol. The Hall–Kier alpha value is -2.57. The fourth-order valence-electron chi connectivity index (χ4n) is 3.66. The van der Waals surface area contributed by atoms with Gasteiger partial charge in [-0.3, -0.25) is 14.4 Å². The first-order chi connectivity index (χ1) is 12.6. The fraction of sp³-hybridized carbons (Fsp3) is 0.526. The van der Waals surface area contributed by atoms with Crippen LogP contribution in [-0.4, -0.2) is 71.7 Å². The molecule has 3 amide bonds. The van der Waals surface area contributed by atoms with Gasteiger partial charge in [0.25, 0.3) is 5.91 Å². The molecule has 0 radical (unpaired) electrons. The van der Waals surface area contributed by atoms with Gasteiger partial charge in [0.2, 0.25) is 11.8 Å². The molecule has 2 aliphatic heterocycles. The maximum atomic E-state index is 12.9. The fourth-order valence-corrected chi connectivity index (χ4v) is 3.66. The maximum absolute atomic E-state index is 12.9. The summed E-state index contributed by atoms with van der Waals surface area (Å²) in [7, 11) is 0. The molecule has 3 rings (SSSR count). The number of carbonyl (C=O) groups excluding carboxylic acids is 3. The normalized spacial score (nSPS) is 21.2. The van der Waals surface area contributed by atoms with Gasteiger partial charge in [-0.2, -0.15) is 0 Å². The zero-order valence-electron chi connectivity index (χ0n) is 14.9. The topological polar surface area (TPSA) is 74.1 Å². The molecule has 0 saturated carbocycles. The summed E-state index contributed by atoms with van der Waals surface area (Å²) in [5.74, 6) is -0.00669. The van der Waals surface area contributed by atoms with E-state index in [0.29, 0.717) is 45.0 Å². The van der Waals surface area contributed by atoms with E-state index in [0.717, 1.165) is 19.3 Å². The molecule has 26 heavy (non-hydrogen) atoms. The molecule has 0 aromatic carbocycles. The van der Waals surface area contributed by atoms with Crippen LogP contribution in [0.1, 0.15) is 29.8 Å². The molecule has 1 unspecified atom stereocenters. The molecule has 0 N–H and O–H groups in total. The van der Waals surface area contributed by atoms with Crippen LogP contribution < -0.4 is 0 Å². The predicted molar refractivity (Wildman–Crippen MR) is 95.3 cm³/mol. The van der Waals surface area contributed by atoms with Crippen LogP contribution in [0.2, 0.25) is 0 Å². The molecular formula is C19H25N3O4. The third kappa shape index (κ3) is 3.98. The minimum absolute atomic E-state index is 0.0823. The summed E-state index contributed by atoms with van der Waals surface area (Å²) < 4.78 is 5.19. The van der Waals surface area contributed by atoms with E-state index in [9.17, 15) is 14.4 Å². The highest BCUT2D eigenvalue weighted by molar-refractivity contribution is 5.91. The predicted octanol–water partition coefficient (Wildman–Crippen LogP) is 1.38. The first-order valence-electron chi connectivity index (χ1n) is 9.13. The Bertz CT molecular complexity index is 670. The second-order valence-corrected chi connectivity index (χ2v) is 6.78. The van der Waals surface area contributed by atoms with Crippen molar-refractivity contribution < 1.29 is 18.8 Å². The number of carbonyl (C=O) groups is 3. The van der Waals surface area contributed by atoms with Crippen molar-refractivity contribution in [2.45, 2.75) is 19.3 Å². The Morgan fingerprint density at radius 3 is 2.50 bits per heavy atom. The first kappa shape index (κ1) is 18.2. The third-order valence-corrected chi connectivity index (χ3v) is 5.08. The molecule has 7 heteroatoms. The number of rotatable bonds is 3. The Labute approximate surface area is 153 Å². The first-order valence-corrected chi connectivity index (χ1v) is 9.13. The number of piperidine rings is 1. The number of nitrogens with zero attached hydrogens (tertiary/aromatic N) is 3. The summed E-state index contributed by atoms with van der Waals surface area (Å²) in [5.41, 5.74) is 0. The summed E-state index contributed by atoms with van der Waals surface area (Å²) in [4.78, 5) is 42.4. The Morgan fingerprint density at radius 1 is 1.04 bits per heavy atom. The second-order valence-electron chi connectivity index (χ2n) is 6.78. The van der Waals surface area contributed by atoms with E-state index in [2.05, 4.69) is 6.58 Å². The van der Waals surface area contributed by atoms with Crippen LogP contribution >= 0.6 is 0 Å². The van der Waals surface area contributed by atoms with E-state index >= 15 is 0 Å². The maximum Gasteiger partial charge on any atom is 0.289 e. The van der Waals surface area contributed by atoms with E-state index in [-0.39, 0.29) is 23.6 Å². The molecule has 0 spiro atoms. The van der Waals surface area contributed by atoms with Gasteiger partial charge in [0.05, 0.1) is 12.2 Å². The van der Waals surface area contributed by atoms with Crippen molar-refractivity contribution in [2.24, 2.45) is 5.92 Å². The van der Waals surface area contributed by atoms with Crippen LogP contribution in [0.15, 0.2) is 35.5 Å². The molecule has 0 bridgehead atoms. The Balaban J connectivity index is 1.58. The molecule has 0 aliphatic carbocycles. The van der Waals surface area contributed by atoms with Crippen LogP contribution in [-0.2, 0) is 9.59 Å². The van der Waals surface area contributed by atoms with Crippen molar-refractivity contribution in [1.82, 2.24) is 14.7 Å². The number of likely N-dealkylation sites (tertiary alicyclic amines) is 1. The third-order valence-electron chi connectivity index (χ3n) is 5.08. The van der Waals surface area contributed by atoms with Gasteiger partial charge < -0.3 is 19.1 Å². The van der Waals surface area contributed by atoms with Crippen LogP contribution in [0.25, 0.3) is 0 Å². The van der Waals surface area contributed by atoms with Gasteiger partial charge in [0, 0.05) is 39.3 Å². The van der Waals surface area contributed by atoms with Crippen molar-refractivity contribution >= 4 is 17.7 Å². The number of hydrogen-bond acceptors (Lipinski definition) is 4. The van der Waals surface area contributed by atoms with Crippen molar-refractivity contribution in [3.05, 3.63) is 36.8 Å². The standard InChI is InChI=1S/C19H25N3O4/c1-2-17(23)22-8-3-6-15(14-22)18(24)20-9-5-10-21(12-11-20)19(25)16-7-4-13-26-16/h2,4,7,13,15H,1,3,5-6,8-12,14H2. The quantitative estimate of drug-likeness (QED) is 0.764. The van der Waals surface area contributed by atoms with E-state index in [1.54, 1.807) is 21.9 Å². The van der Waals surface area contributed by atoms with Gasteiger partial charge in [-0.25, -0.2) is 0 Å². The number of hydrogen-bond donors (Lipinski definition) is 0. The Kier molecular flexibility index (Phi) is 5.75. The molecule has 140 valence electrons. The molecule has 1 aromatic heterocycles. The van der Waals surface area contributed by atoms with Crippen LogP contribution in [0.3, 0.4) is 0 Å².